The first kappa shape index (κ1) is 21.2. The van der Waals surface area contributed by atoms with E-state index in [2.05, 4.69) is 28.3 Å². The van der Waals surface area contributed by atoms with Gasteiger partial charge in [-0.05, 0) is 37.1 Å². The lowest BCUT2D eigenvalue weighted by Crippen LogP contribution is -2.42. The highest BCUT2D eigenvalue weighted by molar-refractivity contribution is 6.31. The number of rotatable bonds is 3. The number of carbonyl (C=O) groups is 1. The number of likely N-dealkylation sites (tertiary alicyclic amines) is 1. The smallest absolute Gasteiger partial charge is 0.272 e. The Balaban J connectivity index is 1.54. The van der Waals surface area contributed by atoms with Gasteiger partial charge in [-0.25, -0.2) is 4.98 Å². The third-order valence-corrected chi connectivity index (χ3v) is 6.39. The number of aromatic nitrogens is 1. The number of pyridine rings is 1. The number of carbonyl (C=O) groups excluding carboxylic acids is 1. The van der Waals surface area contributed by atoms with Crippen molar-refractivity contribution in [1.82, 2.24) is 15.2 Å². The van der Waals surface area contributed by atoms with Crippen LogP contribution in [0.4, 0.5) is 17.1 Å². The summed E-state index contributed by atoms with van der Waals surface area (Å²) >= 11 is 6.28. The topological polar surface area (TPSA) is 93.5 Å². The summed E-state index contributed by atoms with van der Waals surface area (Å²) in [5.74, 6) is 0.558. The van der Waals surface area contributed by atoms with Gasteiger partial charge in [-0.15, -0.1) is 0 Å². The molecule has 5 rings (SSSR count). The minimum atomic E-state index is -0.184. The van der Waals surface area contributed by atoms with Gasteiger partial charge in [-0.3, -0.25) is 4.79 Å². The zero-order valence-electron chi connectivity index (χ0n) is 18.2. The Labute approximate surface area is 197 Å². The van der Waals surface area contributed by atoms with Crippen molar-refractivity contribution in [2.45, 2.75) is 12.8 Å². The molecule has 168 valence electrons. The van der Waals surface area contributed by atoms with E-state index >= 15 is 0 Å². The first-order valence-electron chi connectivity index (χ1n) is 10.8. The molecule has 9 heteroatoms. The van der Waals surface area contributed by atoms with Crippen molar-refractivity contribution in [3.63, 3.8) is 0 Å². The molecule has 4 heterocycles. The molecule has 33 heavy (non-hydrogen) atoms. The molecule has 1 amide bonds. The number of benzene rings is 1. The van der Waals surface area contributed by atoms with Crippen LogP contribution in [-0.4, -0.2) is 49.1 Å². The molecule has 1 aromatic carbocycles. The standard InChI is InChI=1S/C24H23ClN6O2/c1-14-22-21(27-7-3-10-33-22)16-11-15(5-6-20(16)30(14)2)28-18-12-19(24(32)31-8-4-9-31)29-23(25)17(18)13-26/h5-6,11-12,27H,1,3-4,7-10H2,2H3,(H,28,29). The van der Waals surface area contributed by atoms with E-state index in [9.17, 15) is 10.1 Å². The Morgan fingerprint density at radius 2 is 2.15 bits per heavy atom. The van der Waals surface area contributed by atoms with Crippen LogP contribution in [0.15, 0.2) is 42.3 Å². The van der Waals surface area contributed by atoms with Gasteiger partial charge in [-0.1, -0.05) is 18.2 Å². The van der Waals surface area contributed by atoms with Crippen molar-refractivity contribution < 1.29 is 9.53 Å². The SMILES string of the molecule is C=C1C2=C(NCCCO2)c2cc(Nc3cc(C(=O)N4CCC4)nc(Cl)c3C#N)ccc2N1C. The summed E-state index contributed by atoms with van der Waals surface area (Å²) in [5.41, 5.74) is 5.25. The number of nitrogens with zero attached hydrogens (tertiary/aromatic N) is 4. The molecule has 2 aromatic rings. The van der Waals surface area contributed by atoms with Crippen LogP contribution >= 0.6 is 11.6 Å². The highest BCUT2D eigenvalue weighted by Crippen LogP contribution is 2.40. The number of hydrogen-bond acceptors (Lipinski definition) is 7. The van der Waals surface area contributed by atoms with E-state index in [0.29, 0.717) is 25.4 Å². The quantitative estimate of drug-likeness (QED) is 0.669. The lowest BCUT2D eigenvalue weighted by Gasteiger charge is -2.32. The van der Waals surface area contributed by atoms with E-state index < -0.39 is 0 Å². The number of anilines is 3. The molecule has 0 spiro atoms. The minimum absolute atomic E-state index is 0.00388. The lowest BCUT2D eigenvalue weighted by atomic mass is 10.0. The molecule has 2 N–H and O–H groups in total. The third kappa shape index (κ3) is 3.64. The first-order valence-corrected chi connectivity index (χ1v) is 11.2. The molecular formula is C24H23ClN6O2. The van der Waals surface area contributed by atoms with Gasteiger partial charge in [0.1, 0.15) is 22.5 Å². The van der Waals surface area contributed by atoms with Crippen LogP contribution in [0.2, 0.25) is 5.15 Å². The van der Waals surface area contributed by atoms with Crippen molar-refractivity contribution in [2.24, 2.45) is 0 Å². The molecule has 1 fully saturated rings. The van der Waals surface area contributed by atoms with Crippen molar-refractivity contribution in [2.75, 3.05) is 43.5 Å². The summed E-state index contributed by atoms with van der Waals surface area (Å²) in [6, 6.07) is 9.58. The Morgan fingerprint density at radius 3 is 2.88 bits per heavy atom. The fraction of sp³-hybridized carbons (Fsp3) is 0.292. The van der Waals surface area contributed by atoms with Crippen LogP contribution in [0.3, 0.4) is 0 Å². The third-order valence-electron chi connectivity index (χ3n) is 6.12. The summed E-state index contributed by atoms with van der Waals surface area (Å²) in [6.07, 6.45) is 1.87. The van der Waals surface area contributed by atoms with E-state index in [1.54, 1.807) is 11.0 Å². The van der Waals surface area contributed by atoms with Crippen LogP contribution in [-0.2, 0) is 4.74 Å². The van der Waals surface area contributed by atoms with Crippen LogP contribution in [0.5, 0.6) is 0 Å². The number of halogens is 1. The average molecular weight is 463 g/mol. The van der Waals surface area contributed by atoms with Gasteiger partial charge in [-0.2, -0.15) is 5.26 Å². The van der Waals surface area contributed by atoms with Crippen molar-refractivity contribution >= 4 is 40.3 Å². The number of ether oxygens (including phenoxy) is 1. The molecular weight excluding hydrogens is 440 g/mol. The van der Waals surface area contributed by atoms with Gasteiger partial charge in [0.25, 0.3) is 5.91 Å². The minimum Gasteiger partial charge on any atom is -0.489 e. The molecule has 0 radical (unpaired) electrons. The summed E-state index contributed by atoms with van der Waals surface area (Å²) in [7, 11) is 1.95. The van der Waals surface area contributed by atoms with Gasteiger partial charge in [0.2, 0.25) is 0 Å². The zero-order chi connectivity index (χ0) is 23.1. The predicted molar refractivity (Wildman–Crippen MR) is 127 cm³/mol. The van der Waals surface area contributed by atoms with Crippen LogP contribution < -0.4 is 15.5 Å². The first-order chi connectivity index (χ1) is 16.0. The monoisotopic (exact) mass is 462 g/mol. The maximum absolute atomic E-state index is 12.7. The van der Waals surface area contributed by atoms with E-state index in [1.807, 2.05) is 30.1 Å². The zero-order valence-corrected chi connectivity index (χ0v) is 19.0. The summed E-state index contributed by atoms with van der Waals surface area (Å²) in [6.45, 7) is 7.02. The molecule has 0 bridgehead atoms. The number of fused-ring (bicyclic) bond motifs is 2. The van der Waals surface area contributed by atoms with Crippen LogP contribution in [0, 0.1) is 11.3 Å². The fourth-order valence-corrected chi connectivity index (χ4v) is 4.36. The van der Waals surface area contributed by atoms with E-state index in [-0.39, 0.29) is 22.3 Å². The lowest BCUT2D eigenvalue weighted by molar-refractivity contribution is 0.0645. The van der Waals surface area contributed by atoms with Gasteiger partial charge in [0.15, 0.2) is 5.76 Å². The highest BCUT2D eigenvalue weighted by atomic mass is 35.5. The molecule has 3 aliphatic rings. The second-order valence-electron chi connectivity index (χ2n) is 8.17. The highest BCUT2D eigenvalue weighted by Gasteiger charge is 2.29. The molecule has 1 aromatic heterocycles. The molecule has 1 saturated heterocycles. The number of amides is 1. The van der Waals surface area contributed by atoms with Gasteiger partial charge in [0.05, 0.1) is 29.4 Å². The number of nitriles is 1. The largest absolute Gasteiger partial charge is 0.489 e. The molecule has 0 saturated carbocycles. The van der Waals surface area contributed by atoms with Crippen molar-refractivity contribution in [3.05, 3.63) is 64.3 Å². The van der Waals surface area contributed by atoms with Crippen LogP contribution in [0.25, 0.3) is 5.70 Å². The Kier molecular flexibility index (Phi) is 5.35. The Bertz CT molecular complexity index is 1240. The van der Waals surface area contributed by atoms with Gasteiger partial charge in [0, 0.05) is 37.9 Å². The average Bonchev–Trinajstić information content (AvgIpc) is 3.02. The van der Waals surface area contributed by atoms with E-state index in [0.717, 1.165) is 53.5 Å². The number of likely N-dealkylation sites (N-methyl/N-ethyl adjacent to an activating group) is 1. The molecule has 0 unspecified atom stereocenters. The summed E-state index contributed by atoms with van der Waals surface area (Å²) < 4.78 is 5.98. The fourth-order valence-electron chi connectivity index (χ4n) is 4.13. The van der Waals surface area contributed by atoms with Crippen molar-refractivity contribution in [3.8, 4) is 6.07 Å². The number of hydrogen-bond donors (Lipinski definition) is 2. The van der Waals surface area contributed by atoms with E-state index in [4.69, 9.17) is 16.3 Å². The second kappa shape index (κ2) is 8.34. The maximum Gasteiger partial charge on any atom is 0.272 e. The molecule has 0 atom stereocenters. The summed E-state index contributed by atoms with van der Waals surface area (Å²) in [4.78, 5) is 20.6. The van der Waals surface area contributed by atoms with E-state index in [1.165, 1.54) is 0 Å². The van der Waals surface area contributed by atoms with Crippen molar-refractivity contribution in [1.29, 1.82) is 5.26 Å². The second-order valence-corrected chi connectivity index (χ2v) is 8.53. The molecule has 3 aliphatic heterocycles. The summed E-state index contributed by atoms with van der Waals surface area (Å²) in [5, 5.41) is 16.4. The van der Waals surface area contributed by atoms with Gasteiger partial charge >= 0.3 is 0 Å². The van der Waals surface area contributed by atoms with Crippen LogP contribution in [0.1, 0.15) is 34.5 Å². The Hall–Kier alpha value is -3.70. The Morgan fingerprint density at radius 1 is 1.33 bits per heavy atom. The normalized spacial score (nSPS) is 17.1. The predicted octanol–water partition coefficient (Wildman–Crippen LogP) is 3.84. The molecule has 0 aliphatic carbocycles. The maximum atomic E-state index is 12.7. The van der Waals surface area contributed by atoms with Gasteiger partial charge < -0.3 is 25.2 Å². The molecule has 8 nitrogen and oxygen atoms in total. The number of nitrogens with one attached hydrogen (secondary N) is 2.